The van der Waals surface area contributed by atoms with E-state index in [9.17, 15) is 13.6 Å². The van der Waals surface area contributed by atoms with E-state index in [1.54, 1.807) is 23.5 Å². The number of benzene rings is 1. The summed E-state index contributed by atoms with van der Waals surface area (Å²) < 4.78 is 26.5. The molecule has 1 aliphatic rings. The predicted octanol–water partition coefficient (Wildman–Crippen LogP) is 3.59. The molecule has 100 valence electrons. The molecular weight excluding hydrogens is 270 g/mol. The lowest BCUT2D eigenvalue weighted by Gasteiger charge is -2.33. The maximum Gasteiger partial charge on any atom is 0.249 e. The molecule has 0 radical (unpaired) electrons. The Hall–Kier alpha value is -1.56. The number of carbonyl (C=O) groups excluding carboxylic acids is 1. The summed E-state index contributed by atoms with van der Waals surface area (Å²) in [5.41, 5.74) is 1.43. The van der Waals surface area contributed by atoms with E-state index in [1.807, 2.05) is 13.0 Å². The van der Waals surface area contributed by atoms with Crippen molar-refractivity contribution >= 4 is 33.1 Å². The van der Waals surface area contributed by atoms with Crippen LogP contribution in [0.2, 0.25) is 0 Å². The quantitative estimate of drug-likeness (QED) is 0.914. The zero-order valence-electron chi connectivity index (χ0n) is 10.2. The van der Waals surface area contributed by atoms with E-state index >= 15 is 0 Å². The first-order valence-electron chi connectivity index (χ1n) is 5.99. The van der Waals surface area contributed by atoms with Crippen LogP contribution in [-0.4, -0.2) is 16.8 Å². The summed E-state index contributed by atoms with van der Waals surface area (Å²) in [6, 6.07) is 5.42. The van der Waals surface area contributed by atoms with Gasteiger partial charge in [0.15, 0.2) is 0 Å². The lowest BCUT2D eigenvalue weighted by atomic mass is 9.81. The van der Waals surface area contributed by atoms with Gasteiger partial charge in [-0.25, -0.2) is 13.8 Å². The van der Waals surface area contributed by atoms with E-state index in [4.69, 9.17) is 0 Å². The molecular formula is C13H12F2N2OS. The van der Waals surface area contributed by atoms with Crippen molar-refractivity contribution in [3.05, 3.63) is 23.2 Å². The standard InChI is InChI=1S/C13H12F2N2OS/c1-7-16-10-4-9(2-3-11(10)19-7)17-12(18)8-5-13(14,15)6-8/h2-4,8H,5-6H2,1H3,(H,17,18). The minimum atomic E-state index is -2.67. The van der Waals surface area contributed by atoms with Gasteiger partial charge in [0.25, 0.3) is 0 Å². The minimum absolute atomic E-state index is 0.336. The zero-order chi connectivity index (χ0) is 13.6. The number of amides is 1. The van der Waals surface area contributed by atoms with E-state index in [0.29, 0.717) is 5.69 Å². The molecule has 3 rings (SSSR count). The Morgan fingerprint density at radius 3 is 2.89 bits per heavy atom. The molecule has 0 aliphatic heterocycles. The van der Waals surface area contributed by atoms with Crippen LogP contribution in [0.15, 0.2) is 18.2 Å². The molecule has 0 atom stereocenters. The first-order valence-corrected chi connectivity index (χ1v) is 6.80. The molecule has 1 aromatic carbocycles. The van der Waals surface area contributed by atoms with Gasteiger partial charge in [-0.3, -0.25) is 4.79 Å². The average Bonchev–Trinajstić information content (AvgIpc) is 2.65. The molecule has 0 bridgehead atoms. The van der Waals surface area contributed by atoms with Gasteiger partial charge in [-0.2, -0.15) is 0 Å². The first-order chi connectivity index (χ1) is 8.93. The third-order valence-electron chi connectivity index (χ3n) is 3.22. The molecule has 0 spiro atoms. The van der Waals surface area contributed by atoms with Crippen LogP contribution in [0, 0.1) is 12.8 Å². The molecule has 1 amide bonds. The summed E-state index contributed by atoms with van der Waals surface area (Å²) >= 11 is 1.58. The monoisotopic (exact) mass is 282 g/mol. The van der Waals surface area contributed by atoms with Crippen molar-refractivity contribution in [2.45, 2.75) is 25.7 Å². The molecule has 1 aliphatic carbocycles. The van der Waals surface area contributed by atoms with Crippen LogP contribution in [0.4, 0.5) is 14.5 Å². The summed E-state index contributed by atoms with van der Waals surface area (Å²) in [6.45, 7) is 1.92. The maximum atomic E-state index is 12.7. The predicted molar refractivity (Wildman–Crippen MR) is 70.7 cm³/mol. The first kappa shape index (κ1) is 12.5. The van der Waals surface area contributed by atoms with E-state index < -0.39 is 11.8 Å². The van der Waals surface area contributed by atoms with E-state index in [0.717, 1.165) is 15.2 Å². The van der Waals surface area contributed by atoms with Gasteiger partial charge in [0, 0.05) is 24.4 Å². The van der Waals surface area contributed by atoms with Gasteiger partial charge in [0.2, 0.25) is 11.8 Å². The minimum Gasteiger partial charge on any atom is -0.326 e. The van der Waals surface area contributed by atoms with Gasteiger partial charge in [0.05, 0.1) is 15.2 Å². The van der Waals surface area contributed by atoms with Crippen LogP contribution in [-0.2, 0) is 4.79 Å². The third-order valence-corrected chi connectivity index (χ3v) is 4.17. The van der Waals surface area contributed by atoms with Crippen molar-refractivity contribution in [2.75, 3.05) is 5.32 Å². The Labute approximate surface area is 112 Å². The van der Waals surface area contributed by atoms with Crippen molar-refractivity contribution in [3.8, 4) is 0 Å². The van der Waals surface area contributed by atoms with Crippen LogP contribution in [0.3, 0.4) is 0 Å². The number of aryl methyl sites for hydroxylation is 1. The molecule has 6 heteroatoms. The second-order valence-corrected chi connectivity index (χ2v) is 6.10. The zero-order valence-corrected chi connectivity index (χ0v) is 11.1. The SMILES string of the molecule is Cc1nc2cc(NC(=O)C3CC(F)(F)C3)ccc2s1. The van der Waals surface area contributed by atoms with Crippen molar-refractivity contribution < 1.29 is 13.6 Å². The lowest BCUT2D eigenvalue weighted by molar-refractivity contribution is -0.145. The fraction of sp³-hybridized carbons (Fsp3) is 0.385. The number of thiazole rings is 1. The molecule has 3 nitrogen and oxygen atoms in total. The summed E-state index contributed by atoms with van der Waals surface area (Å²) in [7, 11) is 0. The number of rotatable bonds is 2. The van der Waals surface area contributed by atoms with E-state index in [-0.39, 0.29) is 18.7 Å². The highest BCUT2D eigenvalue weighted by Gasteiger charge is 2.48. The second-order valence-electron chi connectivity index (χ2n) is 4.87. The van der Waals surface area contributed by atoms with Gasteiger partial charge in [0.1, 0.15) is 0 Å². The number of fused-ring (bicyclic) bond motifs is 1. The molecule has 0 saturated heterocycles. The summed E-state index contributed by atoms with van der Waals surface area (Å²) in [5.74, 6) is -3.59. The highest BCUT2D eigenvalue weighted by Crippen LogP contribution is 2.42. The Kier molecular flexibility index (Phi) is 2.78. The van der Waals surface area contributed by atoms with Gasteiger partial charge in [-0.15, -0.1) is 11.3 Å². The van der Waals surface area contributed by atoms with Crippen molar-refractivity contribution in [1.29, 1.82) is 0 Å². The van der Waals surface area contributed by atoms with Crippen LogP contribution < -0.4 is 5.32 Å². The number of alkyl halides is 2. The van der Waals surface area contributed by atoms with Crippen molar-refractivity contribution in [3.63, 3.8) is 0 Å². The number of nitrogens with one attached hydrogen (secondary N) is 1. The number of carbonyl (C=O) groups is 1. The highest BCUT2D eigenvalue weighted by molar-refractivity contribution is 7.18. The molecule has 0 unspecified atom stereocenters. The Morgan fingerprint density at radius 1 is 1.47 bits per heavy atom. The third kappa shape index (κ3) is 2.45. The van der Waals surface area contributed by atoms with E-state index in [2.05, 4.69) is 10.3 Å². The van der Waals surface area contributed by atoms with E-state index in [1.165, 1.54) is 0 Å². The van der Waals surface area contributed by atoms with Gasteiger partial charge < -0.3 is 5.32 Å². The smallest absolute Gasteiger partial charge is 0.249 e. The maximum absolute atomic E-state index is 12.7. The van der Waals surface area contributed by atoms with Gasteiger partial charge in [-0.05, 0) is 25.1 Å². The number of halogens is 2. The van der Waals surface area contributed by atoms with Gasteiger partial charge in [-0.1, -0.05) is 0 Å². The van der Waals surface area contributed by atoms with Crippen LogP contribution in [0.1, 0.15) is 17.8 Å². The summed E-state index contributed by atoms with van der Waals surface area (Å²) in [4.78, 5) is 16.1. The fourth-order valence-electron chi connectivity index (χ4n) is 2.21. The topological polar surface area (TPSA) is 42.0 Å². The molecule has 1 saturated carbocycles. The van der Waals surface area contributed by atoms with Crippen LogP contribution in [0.25, 0.3) is 10.2 Å². The number of aromatic nitrogens is 1. The van der Waals surface area contributed by atoms with Crippen molar-refractivity contribution in [2.24, 2.45) is 5.92 Å². The number of anilines is 1. The number of nitrogens with zero attached hydrogens (tertiary/aromatic N) is 1. The molecule has 1 heterocycles. The Morgan fingerprint density at radius 2 is 2.21 bits per heavy atom. The molecule has 1 N–H and O–H groups in total. The lowest BCUT2D eigenvalue weighted by Crippen LogP contribution is -2.42. The molecule has 1 fully saturated rings. The fourth-order valence-corrected chi connectivity index (χ4v) is 3.02. The molecule has 1 aromatic heterocycles. The number of hydrogen-bond acceptors (Lipinski definition) is 3. The summed E-state index contributed by atoms with van der Waals surface area (Å²) in [5, 5.41) is 3.63. The summed E-state index contributed by atoms with van der Waals surface area (Å²) in [6.07, 6.45) is -0.701. The average molecular weight is 282 g/mol. The molecule has 2 aromatic rings. The van der Waals surface area contributed by atoms with Crippen LogP contribution in [0.5, 0.6) is 0 Å². The van der Waals surface area contributed by atoms with Gasteiger partial charge >= 0.3 is 0 Å². The normalized spacial score (nSPS) is 18.3. The Bertz CT molecular complexity index is 645. The van der Waals surface area contributed by atoms with Crippen molar-refractivity contribution in [1.82, 2.24) is 4.98 Å². The number of hydrogen-bond donors (Lipinski definition) is 1. The second kappa shape index (κ2) is 4.23. The molecule has 19 heavy (non-hydrogen) atoms. The largest absolute Gasteiger partial charge is 0.326 e. The van der Waals surface area contributed by atoms with Crippen LogP contribution >= 0.6 is 11.3 Å². The highest BCUT2D eigenvalue weighted by atomic mass is 32.1. The Balaban J connectivity index is 1.73.